The Morgan fingerprint density at radius 1 is 1.19 bits per heavy atom. The first-order chi connectivity index (χ1) is 17.7. The summed E-state index contributed by atoms with van der Waals surface area (Å²) in [5.74, 6) is 0.926. The summed E-state index contributed by atoms with van der Waals surface area (Å²) in [6.07, 6.45) is 3.95. The van der Waals surface area contributed by atoms with Gasteiger partial charge in [-0.3, -0.25) is 4.79 Å². The van der Waals surface area contributed by atoms with Crippen LogP contribution in [0.4, 0.5) is 0 Å². The average molecular weight is 536 g/mol. The van der Waals surface area contributed by atoms with Gasteiger partial charge in [-0.2, -0.15) is 5.26 Å². The predicted molar refractivity (Wildman–Crippen MR) is 142 cm³/mol. The Kier molecular flexibility index (Phi) is 6.74. The van der Waals surface area contributed by atoms with E-state index in [1.165, 1.54) is 0 Å². The molecule has 2 aromatic carbocycles. The summed E-state index contributed by atoms with van der Waals surface area (Å²) in [6.45, 7) is 4.76. The molecule has 1 fully saturated rings. The molecule has 1 amide bonds. The number of ether oxygens (including phenoxy) is 1. The number of nitrogens with zero attached hydrogens (tertiary/aromatic N) is 5. The number of fused-ring (bicyclic) bond motifs is 1. The van der Waals surface area contributed by atoms with Gasteiger partial charge in [0.05, 0.1) is 36.1 Å². The highest BCUT2D eigenvalue weighted by Crippen LogP contribution is 2.51. The summed E-state index contributed by atoms with van der Waals surface area (Å²) in [5, 5.41) is 18.9. The lowest BCUT2D eigenvalue weighted by Gasteiger charge is -2.34. The van der Waals surface area contributed by atoms with Crippen LogP contribution in [0.5, 0.6) is 0 Å². The molecule has 0 N–H and O–H groups in total. The SMILES string of the molecule is COC1=C(c2cc(Cl)cc(Cl)c2)C(=O)N2C[C@@H](n3cc(CC(C)C)nn3)CC12Cc1ccc(C#N)cc1. The predicted octanol–water partition coefficient (Wildman–Crippen LogP) is 5.48. The Morgan fingerprint density at radius 3 is 2.51 bits per heavy atom. The molecule has 1 aromatic heterocycles. The van der Waals surface area contributed by atoms with E-state index in [2.05, 4.69) is 30.2 Å². The van der Waals surface area contributed by atoms with Crippen molar-refractivity contribution in [2.45, 2.75) is 44.7 Å². The van der Waals surface area contributed by atoms with Crippen molar-refractivity contribution in [3.8, 4) is 6.07 Å². The van der Waals surface area contributed by atoms with E-state index in [1.807, 2.05) is 27.9 Å². The fourth-order valence-electron chi connectivity index (χ4n) is 5.62. The van der Waals surface area contributed by atoms with Gasteiger partial charge in [0.1, 0.15) is 11.3 Å². The van der Waals surface area contributed by atoms with Crippen molar-refractivity contribution >= 4 is 34.7 Å². The number of nitriles is 1. The number of carbonyl (C=O) groups excluding carboxylic acids is 1. The van der Waals surface area contributed by atoms with Gasteiger partial charge in [-0.1, -0.05) is 54.4 Å². The molecule has 0 bridgehead atoms. The van der Waals surface area contributed by atoms with Gasteiger partial charge in [-0.05, 0) is 53.8 Å². The molecule has 0 radical (unpaired) electrons. The van der Waals surface area contributed by atoms with E-state index in [-0.39, 0.29) is 11.9 Å². The van der Waals surface area contributed by atoms with Gasteiger partial charge in [0.15, 0.2) is 0 Å². The molecule has 37 heavy (non-hydrogen) atoms. The quantitative estimate of drug-likeness (QED) is 0.399. The molecule has 190 valence electrons. The van der Waals surface area contributed by atoms with Gasteiger partial charge in [-0.25, -0.2) is 4.68 Å². The van der Waals surface area contributed by atoms with Crippen LogP contribution in [0.25, 0.3) is 5.57 Å². The largest absolute Gasteiger partial charge is 0.498 e. The van der Waals surface area contributed by atoms with Crippen LogP contribution < -0.4 is 0 Å². The van der Waals surface area contributed by atoms with Crippen LogP contribution in [0.1, 0.15) is 48.7 Å². The zero-order valence-corrected chi connectivity index (χ0v) is 22.4. The summed E-state index contributed by atoms with van der Waals surface area (Å²) in [4.78, 5) is 15.9. The van der Waals surface area contributed by atoms with Crippen LogP contribution in [0, 0.1) is 17.2 Å². The molecule has 9 heteroatoms. The molecule has 3 heterocycles. The van der Waals surface area contributed by atoms with Crippen molar-refractivity contribution in [1.29, 1.82) is 5.26 Å². The first kappa shape index (κ1) is 25.3. The highest BCUT2D eigenvalue weighted by molar-refractivity contribution is 6.35. The highest BCUT2D eigenvalue weighted by Gasteiger charge is 2.58. The number of methoxy groups -OCH3 is 1. The second kappa shape index (κ2) is 9.85. The van der Waals surface area contributed by atoms with E-state index in [1.54, 1.807) is 37.4 Å². The summed E-state index contributed by atoms with van der Waals surface area (Å²) in [7, 11) is 1.60. The van der Waals surface area contributed by atoms with E-state index in [9.17, 15) is 10.1 Å². The Morgan fingerprint density at radius 2 is 1.89 bits per heavy atom. The Labute approximate surface area is 226 Å². The fraction of sp³-hybridized carbons (Fsp3) is 0.357. The molecule has 2 atom stereocenters. The molecule has 2 aliphatic rings. The van der Waals surface area contributed by atoms with Gasteiger partial charge in [-0.15, -0.1) is 5.10 Å². The van der Waals surface area contributed by atoms with E-state index >= 15 is 0 Å². The molecular formula is C28H27Cl2N5O2. The van der Waals surface area contributed by atoms with Crippen molar-refractivity contribution in [3.63, 3.8) is 0 Å². The maximum Gasteiger partial charge on any atom is 0.258 e. The van der Waals surface area contributed by atoms with Crippen molar-refractivity contribution in [2.75, 3.05) is 13.7 Å². The third kappa shape index (κ3) is 4.60. The summed E-state index contributed by atoms with van der Waals surface area (Å²) < 4.78 is 7.92. The zero-order valence-electron chi connectivity index (χ0n) is 20.9. The van der Waals surface area contributed by atoms with Gasteiger partial charge in [0.2, 0.25) is 0 Å². The molecule has 2 aliphatic heterocycles. The maximum atomic E-state index is 14.0. The summed E-state index contributed by atoms with van der Waals surface area (Å²) in [6, 6.07) is 14.7. The highest BCUT2D eigenvalue weighted by atomic mass is 35.5. The Hall–Kier alpha value is -3.34. The molecular weight excluding hydrogens is 509 g/mol. The van der Waals surface area contributed by atoms with Gasteiger partial charge >= 0.3 is 0 Å². The lowest BCUT2D eigenvalue weighted by Crippen LogP contribution is -2.45. The second-order valence-corrected chi connectivity index (χ2v) is 11.0. The standard InChI is InChI=1S/C28H27Cl2N5O2/c1-17(2)8-23-15-35(33-32-23)24-13-28(12-18-4-6-19(14-31)7-5-18)26(37-3)25(27(36)34(28)16-24)20-9-21(29)11-22(30)10-20/h4-7,9-11,15,17,24H,8,12-13,16H2,1-3H3/t24-,28?/m0/s1. The number of amides is 1. The molecule has 1 unspecified atom stereocenters. The first-order valence-corrected chi connectivity index (χ1v) is 13.0. The van der Waals surface area contributed by atoms with Gasteiger partial charge in [0.25, 0.3) is 5.91 Å². The lowest BCUT2D eigenvalue weighted by atomic mass is 9.85. The average Bonchev–Trinajstić information content (AvgIpc) is 3.51. The third-order valence-corrected chi connectivity index (χ3v) is 7.51. The van der Waals surface area contributed by atoms with Crippen molar-refractivity contribution in [2.24, 2.45) is 5.92 Å². The molecule has 1 saturated heterocycles. The summed E-state index contributed by atoms with van der Waals surface area (Å²) in [5.41, 5.74) is 2.88. The molecule has 0 saturated carbocycles. The van der Waals surface area contributed by atoms with Gasteiger partial charge in [0, 0.05) is 35.6 Å². The molecule has 0 spiro atoms. The number of hydrogen-bond acceptors (Lipinski definition) is 5. The van der Waals surface area contributed by atoms with Crippen molar-refractivity contribution in [3.05, 3.63) is 86.9 Å². The maximum absolute atomic E-state index is 14.0. The van der Waals surface area contributed by atoms with E-state index in [0.29, 0.717) is 57.8 Å². The summed E-state index contributed by atoms with van der Waals surface area (Å²) >= 11 is 12.6. The van der Waals surface area contributed by atoms with E-state index in [0.717, 1.165) is 17.7 Å². The number of hydrogen-bond donors (Lipinski definition) is 0. The van der Waals surface area contributed by atoms with Crippen molar-refractivity contribution in [1.82, 2.24) is 19.9 Å². The van der Waals surface area contributed by atoms with Gasteiger partial charge < -0.3 is 9.64 Å². The Bertz CT molecular complexity index is 1400. The molecule has 0 aliphatic carbocycles. The number of aromatic nitrogens is 3. The minimum Gasteiger partial charge on any atom is -0.498 e. The van der Waals surface area contributed by atoms with Crippen LogP contribution in [0.2, 0.25) is 10.0 Å². The monoisotopic (exact) mass is 535 g/mol. The van der Waals surface area contributed by atoms with Crippen molar-refractivity contribution < 1.29 is 9.53 Å². The first-order valence-electron chi connectivity index (χ1n) is 12.2. The van der Waals surface area contributed by atoms with Crippen LogP contribution in [-0.2, 0) is 22.4 Å². The number of halogens is 2. The number of rotatable bonds is 7. The minimum atomic E-state index is -0.737. The normalized spacial score (nSPS) is 21.1. The Balaban J connectivity index is 1.60. The minimum absolute atomic E-state index is 0.0645. The zero-order chi connectivity index (χ0) is 26.3. The van der Waals surface area contributed by atoms with E-state index < -0.39 is 5.54 Å². The molecule has 3 aromatic rings. The molecule has 5 rings (SSSR count). The van der Waals surface area contributed by atoms with Crippen LogP contribution in [-0.4, -0.2) is 45.0 Å². The number of carbonyl (C=O) groups is 1. The van der Waals surface area contributed by atoms with Crippen LogP contribution >= 0.6 is 23.2 Å². The smallest absolute Gasteiger partial charge is 0.258 e. The topological polar surface area (TPSA) is 84.0 Å². The lowest BCUT2D eigenvalue weighted by molar-refractivity contribution is -0.126. The second-order valence-electron chi connectivity index (χ2n) is 10.1. The fourth-order valence-corrected chi connectivity index (χ4v) is 6.14. The van der Waals surface area contributed by atoms with Crippen LogP contribution in [0.3, 0.4) is 0 Å². The number of benzene rings is 2. The molecule has 7 nitrogen and oxygen atoms in total. The third-order valence-electron chi connectivity index (χ3n) is 7.08. The van der Waals surface area contributed by atoms with E-state index in [4.69, 9.17) is 27.9 Å². The van der Waals surface area contributed by atoms with Crippen LogP contribution in [0.15, 0.2) is 54.4 Å².